The van der Waals surface area contributed by atoms with Gasteiger partial charge in [-0.15, -0.1) is 56.7 Å². The third kappa shape index (κ3) is 3.74. The molecule has 0 fully saturated rings. The van der Waals surface area contributed by atoms with Gasteiger partial charge in [0.05, 0.1) is 31.8 Å². The minimum absolute atomic E-state index is 0.858. The first-order valence-corrected chi connectivity index (χ1v) is 17.1. The van der Waals surface area contributed by atoms with Crippen molar-refractivity contribution >= 4 is 101 Å². The Bertz CT molecular complexity index is 2210. The number of thiophene rings is 5. The molecule has 1 aromatic carbocycles. The normalized spacial score (nSPS) is 11.9. The summed E-state index contributed by atoms with van der Waals surface area (Å²) in [4.78, 5) is 30.1. The van der Waals surface area contributed by atoms with E-state index < -0.39 is 0 Å². The summed E-state index contributed by atoms with van der Waals surface area (Å²) in [5, 5.41) is 6.21. The summed E-state index contributed by atoms with van der Waals surface area (Å²) in [7, 11) is 0. The highest BCUT2D eigenvalue weighted by Gasteiger charge is 2.23. The van der Waals surface area contributed by atoms with E-state index in [9.17, 15) is 0 Å². The van der Waals surface area contributed by atoms with Gasteiger partial charge in [-0.05, 0) is 71.4 Å². The monoisotopic (exact) mass is 616 g/mol. The molecule has 0 bridgehead atoms. The van der Waals surface area contributed by atoms with Crippen LogP contribution in [0.15, 0.2) is 96.0 Å². The van der Waals surface area contributed by atoms with E-state index in [0.29, 0.717) is 0 Å². The summed E-state index contributed by atoms with van der Waals surface area (Å²) in [5.41, 5.74) is 5.33. The van der Waals surface area contributed by atoms with Crippen LogP contribution in [0, 0.1) is 0 Å². The zero-order valence-electron chi connectivity index (χ0n) is 21.1. The second-order valence-electron chi connectivity index (χ2n) is 9.46. The molecule has 9 aromatic rings. The Morgan fingerprint density at radius 1 is 0.390 bits per heavy atom. The van der Waals surface area contributed by atoms with Gasteiger partial charge in [0.25, 0.3) is 0 Å². The summed E-state index contributed by atoms with van der Waals surface area (Å²) in [6, 6.07) is 25.6. The molecule has 41 heavy (non-hydrogen) atoms. The van der Waals surface area contributed by atoms with Gasteiger partial charge >= 0.3 is 0 Å². The number of benzene rings is 1. The van der Waals surface area contributed by atoms with E-state index >= 15 is 0 Å². The molecular formula is C32H16N4S5. The molecule has 0 spiro atoms. The first-order valence-electron chi connectivity index (χ1n) is 12.9. The zero-order chi connectivity index (χ0) is 26.9. The number of fused-ring (bicyclic) bond motifs is 7. The van der Waals surface area contributed by atoms with Crippen molar-refractivity contribution < 1.29 is 0 Å². The topological polar surface area (TPSA) is 51.6 Å². The number of nitrogens with zero attached hydrogens (tertiary/aromatic N) is 4. The first-order chi connectivity index (χ1) is 20.3. The van der Waals surface area contributed by atoms with Crippen molar-refractivity contribution in [2.45, 2.75) is 0 Å². The fourth-order valence-corrected chi connectivity index (χ4v) is 10.3. The van der Waals surface area contributed by atoms with Gasteiger partial charge < -0.3 is 0 Å². The summed E-state index contributed by atoms with van der Waals surface area (Å²) in [6.07, 6.45) is 3.64. The van der Waals surface area contributed by atoms with Gasteiger partial charge in [0.15, 0.2) is 0 Å². The SMILES string of the molecule is c1csc(-c2ccc(-c3sc(-c4ccc(-c5cccs5)s4)c4nc5c6cccnc6c6ncccc6c5nc34)s2)c1. The van der Waals surface area contributed by atoms with Crippen molar-refractivity contribution in [3.8, 4) is 39.0 Å². The van der Waals surface area contributed by atoms with Crippen molar-refractivity contribution in [1.82, 2.24) is 19.9 Å². The van der Waals surface area contributed by atoms with E-state index in [2.05, 4.69) is 71.4 Å². The van der Waals surface area contributed by atoms with E-state index in [4.69, 9.17) is 19.9 Å². The molecule has 9 heteroatoms. The molecule has 8 aromatic heterocycles. The van der Waals surface area contributed by atoms with Gasteiger partial charge in [-0.3, -0.25) is 9.97 Å². The molecule has 9 rings (SSSR count). The molecule has 0 aliphatic rings. The fraction of sp³-hybridized carbons (Fsp3) is 0. The van der Waals surface area contributed by atoms with Gasteiger partial charge in [0, 0.05) is 52.4 Å². The fourth-order valence-electron chi connectivity index (χ4n) is 5.25. The van der Waals surface area contributed by atoms with E-state index in [-0.39, 0.29) is 0 Å². The van der Waals surface area contributed by atoms with Gasteiger partial charge in [-0.2, -0.15) is 0 Å². The maximum atomic E-state index is 5.40. The molecule has 0 atom stereocenters. The van der Waals surface area contributed by atoms with Crippen LogP contribution in [0.25, 0.3) is 82.9 Å². The second kappa shape index (κ2) is 9.34. The van der Waals surface area contributed by atoms with Crippen LogP contribution in [0.3, 0.4) is 0 Å². The number of rotatable bonds is 4. The molecule has 0 aliphatic heterocycles. The lowest BCUT2D eigenvalue weighted by Crippen LogP contribution is -1.93. The van der Waals surface area contributed by atoms with E-state index in [0.717, 1.165) is 53.6 Å². The molecule has 0 aliphatic carbocycles. The number of pyridine rings is 2. The highest BCUT2D eigenvalue weighted by atomic mass is 32.1. The highest BCUT2D eigenvalue weighted by molar-refractivity contribution is 7.30. The zero-order valence-corrected chi connectivity index (χ0v) is 25.2. The maximum absolute atomic E-state index is 5.40. The third-order valence-electron chi connectivity index (χ3n) is 7.07. The Hall–Kier alpha value is -3.86. The second-order valence-corrected chi connectivity index (χ2v) is 14.5. The van der Waals surface area contributed by atoms with Crippen molar-refractivity contribution in [2.24, 2.45) is 0 Å². The van der Waals surface area contributed by atoms with Crippen LogP contribution >= 0.6 is 56.7 Å². The molecule has 0 saturated carbocycles. The lowest BCUT2D eigenvalue weighted by Gasteiger charge is -2.08. The Morgan fingerprint density at radius 3 is 1.34 bits per heavy atom. The minimum Gasteiger partial charge on any atom is -0.254 e. The molecule has 0 unspecified atom stereocenters. The Balaban J connectivity index is 1.37. The first kappa shape index (κ1) is 23.8. The van der Waals surface area contributed by atoms with Crippen LogP contribution in [0.4, 0.5) is 0 Å². The van der Waals surface area contributed by atoms with Crippen molar-refractivity contribution in [1.29, 1.82) is 0 Å². The molecule has 8 heterocycles. The standard InChI is InChI=1S/C32H16N4S5/c1-5-17-25(33-13-1)26-18(6-2-14-34-26)28-27(17)35-29-30(36-28)32(24-12-10-22(40-24)20-8-4-16-38-20)41-31(29)23-11-9-21(39-23)19-7-3-15-37-19/h1-16H. The van der Waals surface area contributed by atoms with E-state index in [1.807, 2.05) is 47.2 Å². The van der Waals surface area contributed by atoms with Crippen LogP contribution in [0.1, 0.15) is 0 Å². The maximum Gasteiger partial charge on any atom is 0.110 e. The number of hydrogen-bond acceptors (Lipinski definition) is 9. The van der Waals surface area contributed by atoms with Gasteiger partial charge in [-0.1, -0.05) is 12.1 Å². The molecule has 194 valence electrons. The average molecular weight is 617 g/mol. The smallest absolute Gasteiger partial charge is 0.110 e. The Labute approximate surface area is 253 Å². The number of hydrogen-bond donors (Lipinski definition) is 0. The summed E-state index contributed by atoms with van der Waals surface area (Å²) in [5.74, 6) is 0. The molecule has 0 N–H and O–H groups in total. The predicted molar refractivity (Wildman–Crippen MR) is 179 cm³/mol. The predicted octanol–water partition coefficient (Wildman–Crippen LogP) is 10.9. The Kier molecular flexibility index (Phi) is 5.42. The summed E-state index contributed by atoms with van der Waals surface area (Å²) >= 11 is 8.97. The van der Waals surface area contributed by atoms with Gasteiger partial charge in [0.2, 0.25) is 0 Å². The largest absolute Gasteiger partial charge is 0.254 e. The minimum atomic E-state index is 0.858. The lowest BCUT2D eigenvalue weighted by molar-refractivity contribution is 1.36. The molecule has 0 amide bonds. The number of aromatic nitrogens is 4. The van der Waals surface area contributed by atoms with Crippen molar-refractivity contribution in [2.75, 3.05) is 0 Å². The van der Waals surface area contributed by atoms with Gasteiger partial charge in [-0.25, -0.2) is 9.97 Å². The van der Waals surface area contributed by atoms with Crippen molar-refractivity contribution in [3.63, 3.8) is 0 Å². The van der Waals surface area contributed by atoms with Gasteiger partial charge in [0.1, 0.15) is 11.0 Å². The van der Waals surface area contributed by atoms with E-state index in [1.54, 1.807) is 34.0 Å². The van der Waals surface area contributed by atoms with Crippen LogP contribution in [-0.2, 0) is 0 Å². The van der Waals surface area contributed by atoms with E-state index in [1.165, 1.54) is 29.3 Å². The van der Waals surface area contributed by atoms with Crippen LogP contribution in [0.2, 0.25) is 0 Å². The quantitative estimate of drug-likeness (QED) is 0.185. The molecular weight excluding hydrogens is 601 g/mol. The molecule has 0 radical (unpaired) electrons. The Morgan fingerprint density at radius 2 is 0.878 bits per heavy atom. The third-order valence-corrected chi connectivity index (χ3v) is 12.9. The van der Waals surface area contributed by atoms with Crippen LogP contribution in [-0.4, -0.2) is 19.9 Å². The lowest BCUT2D eigenvalue weighted by atomic mass is 10.1. The molecule has 0 saturated heterocycles. The summed E-state index contributed by atoms with van der Waals surface area (Å²) < 4.78 is 0. The highest BCUT2D eigenvalue weighted by Crippen LogP contribution is 2.49. The summed E-state index contributed by atoms with van der Waals surface area (Å²) in [6.45, 7) is 0. The average Bonchev–Trinajstić information content (AvgIpc) is 3.85. The van der Waals surface area contributed by atoms with Crippen molar-refractivity contribution in [3.05, 3.63) is 96.0 Å². The van der Waals surface area contributed by atoms with Crippen LogP contribution < -0.4 is 0 Å². The molecule has 4 nitrogen and oxygen atoms in total. The van der Waals surface area contributed by atoms with Crippen LogP contribution in [0.5, 0.6) is 0 Å².